The van der Waals surface area contributed by atoms with E-state index in [0.717, 1.165) is 27.8 Å². The maximum Gasteiger partial charge on any atom is 0.315 e. The molecule has 0 aliphatic carbocycles. The molecule has 0 bridgehead atoms. The average molecular weight is 363 g/mol. The Bertz CT molecular complexity index is 617. The van der Waals surface area contributed by atoms with Gasteiger partial charge in [0.05, 0.1) is 11.6 Å². The van der Waals surface area contributed by atoms with Crippen LogP contribution < -0.4 is 15.4 Å². The number of methoxy groups -OCH3 is 1. The molecule has 0 aliphatic heterocycles. The molecule has 2 amide bonds. The molecule has 22 heavy (non-hydrogen) atoms. The van der Waals surface area contributed by atoms with Crippen LogP contribution >= 0.6 is 15.9 Å². The SMILES string of the molecule is COc1ccc(CCNC(=O)NCc2ccccc2)cc1Br. The van der Waals surface area contributed by atoms with E-state index in [-0.39, 0.29) is 6.03 Å². The van der Waals surface area contributed by atoms with E-state index in [1.54, 1.807) is 7.11 Å². The van der Waals surface area contributed by atoms with Crippen molar-refractivity contribution in [2.45, 2.75) is 13.0 Å². The topological polar surface area (TPSA) is 50.4 Å². The lowest BCUT2D eigenvalue weighted by molar-refractivity contribution is 0.240. The van der Waals surface area contributed by atoms with Crippen LogP contribution in [0.4, 0.5) is 4.79 Å². The molecule has 2 aromatic carbocycles. The largest absolute Gasteiger partial charge is 0.496 e. The first-order valence-electron chi connectivity index (χ1n) is 7.07. The Hall–Kier alpha value is -2.01. The molecule has 0 spiro atoms. The van der Waals surface area contributed by atoms with Gasteiger partial charge >= 0.3 is 6.03 Å². The number of carbonyl (C=O) groups excluding carboxylic acids is 1. The number of nitrogens with one attached hydrogen (secondary N) is 2. The zero-order valence-corrected chi connectivity index (χ0v) is 14.0. The molecule has 0 unspecified atom stereocenters. The van der Waals surface area contributed by atoms with Crippen LogP contribution in [0.25, 0.3) is 0 Å². The van der Waals surface area contributed by atoms with Gasteiger partial charge in [0, 0.05) is 13.1 Å². The minimum absolute atomic E-state index is 0.156. The van der Waals surface area contributed by atoms with E-state index >= 15 is 0 Å². The molecule has 0 fully saturated rings. The number of rotatable bonds is 6. The molecular weight excluding hydrogens is 344 g/mol. The molecule has 0 aromatic heterocycles. The zero-order valence-electron chi connectivity index (χ0n) is 12.4. The van der Waals surface area contributed by atoms with Crippen molar-refractivity contribution in [3.05, 3.63) is 64.1 Å². The van der Waals surface area contributed by atoms with Crippen LogP contribution in [0.5, 0.6) is 5.75 Å². The van der Waals surface area contributed by atoms with Crippen molar-refractivity contribution in [1.29, 1.82) is 0 Å². The number of amides is 2. The van der Waals surface area contributed by atoms with Crippen LogP contribution in [0.3, 0.4) is 0 Å². The summed E-state index contributed by atoms with van der Waals surface area (Å²) in [6.07, 6.45) is 0.765. The molecule has 0 aliphatic rings. The van der Waals surface area contributed by atoms with Gasteiger partial charge in [0.2, 0.25) is 0 Å². The van der Waals surface area contributed by atoms with Crippen LogP contribution in [0, 0.1) is 0 Å². The van der Waals surface area contributed by atoms with Crippen molar-refractivity contribution in [1.82, 2.24) is 10.6 Å². The number of carbonyl (C=O) groups is 1. The summed E-state index contributed by atoms with van der Waals surface area (Å²) in [6.45, 7) is 1.11. The number of hydrogen-bond acceptors (Lipinski definition) is 2. The molecule has 0 saturated carbocycles. The highest BCUT2D eigenvalue weighted by Crippen LogP contribution is 2.25. The fraction of sp³-hybridized carbons (Fsp3) is 0.235. The van der Waals surface area contributed by atoms with E-state index in [1.807, 2.05) is 48.5 Å². The lowest BCUT2D eigenvalue weighted by Crippen LogP contribution is -2.36. The quantitative estimate of drug-likeness (QED) is 0.826. The Morgan fingerprint density at radius 2 is 1.86 bits per heavy atom. The molecule has 2 N–H and O–H groups in total. The first kappa shape index (κ1) is 16.4. The summed E-state index contributed by atoms with van der Waals surface area (Å²) >= 11 is 3.45. The minimum Gasteiger partial charge on any atom is -0.496 e. The standard InChI is InChI=1S/C17H19BrN2O2/c1-22-16-8-7-13(11-15(16)18)9-10-19-17(21)20-12-14-5-3-2-4-6-14/h2-8,11H,9-10,12H2,1H3,(H2,19,20,21). The molecule has 0 heterocycles. The maximum atomic E-state index is 11.7. The Balaban J connectivity index is 1.72. The van der Waals surface area contributed by atoms with Gasteiger partial charge in [-0.05, 0) is 45.6 Å². The van der Waals surface area contributed by atoms with Crippen molar-refractivity contribution in [3.8, 4) is 5.75 Å². The van der Waals surface area contributed by atoms with Crippen molar-refractivity contribution in [2.24, 2.45) is 0 Å². The predicted octanol–water partition coefficient (Wildman–Crippen LogP) is 3.50. The third-order valence-electron chi connectivity index (χ3n) is 3.21. The smallest absolute Gasteiger partial charge is 0.315 e. The van der Waals surface area contributed by atoms with E-state index in [9.17, 15) is 4.79 Å². The fourth-order valence-electron chi connectivity index (χ4n) is 2.03. The first-order valence-corrected chi connectivity index (χ1v) is 7.86. The maximum absolute atomic E-state index is 11.7. The van der Waals surface area contributed by atoms with Crippen molar-refractivity contribution < 1.29 is 9.53 Å². The second-order valence-electron chi connectivity index (χ2n) is 4.81. The van der Waals surface area contributed by atoms with E-state index < -0.39 is 0 Å². The van der Waals surface area contributed by atoms with Crippen molar-refractivity contribution >= 4 is 22.0 Å². The summed E-state index contributed by atoms with van der Waals surface area (Å²) < 4.78 is 6.11. The highest BCUT2D eigenvalue weighted by molar-refractivity contribution is 9.10. The molecule has 0 atom stereocenters. The van der Waals surface area contributed by atoms with Crippen LogP contribution in [-0.4, -0.2) is 19.7 Å². The van der Waals surface area contributed by atoms with Gasteiger partial charge in [-0.1, -0.05) is 36.4 Å². The van der Waals surface area contributed by atoms with Gasteiger partial charge in [-0.2, -0.15) is 0 Å². The summed E-state index contributed by atoms with van der Waals surface area (Å²) in [5, 5.41) is 5.69. The van der Waals surface area contributed by atoms with Gasteiger partial charge in [0.1, 0.15) is 5.75 Å². The van der Waals surface area contributed by atoms with Gasteiger partial charge in [-0.15, -0.1) is 0 Å². The number of halogens is 1. The molecular formula is C17H19BrN2O2. The first-order chi connectivity index (χ1) is 10.7. The number of ether oxygens (including phenoxy) is 1. The van der Waals surface area contributed by atoms with Crippen molar-refractivity contribution in [2.75, 3.05) is 13.7 Å². The summed E-state index contributed by atoms with van der Waals surface area (Å²) in [6, 6.07) is 15.6. The molecule has 5 heteroatoms. The monoisotopic (exact) mass is 362 g/mol. The second kappa shape index (κ2) is 8.44. The Morgan fingerprint density at radius 3 is 2.55 bits per heavy atom. The highest BCUT2D eigenvalue weighted by atomic mass is 79.9. The molecule has 116 valence electrons. The van der Waals surface area contributed by atoms with Gasteiger partial charge in [0.15, 0.2) is 0 Å². The molecule has 0 radical (unpaired) electrons. The van der Waals surface area contributed by atoms with Crippen LogP contribution in [0.15, 0.2) is 53.0 Å². The predicted molar refractivity (Wildman–Crippen MR) is 91.1 cm³/mol. The summed E-state index contributed by atoms with van der Waals surface area (Å²) in [7, 11) is 1.64. The number of benzene rings is 2. The van der Waals surface area contributed by atoms with Crippen molar-refractivity contribution in [3.63, 3.8) is 0 Å². The lowest BCUT2D eigenvalue weighted by atomic mass is 10.1. The number of urea groups is 1. The van der Waals surface area contributed by atoms with Gasteiger partial charge < -0.3 is 15.4 Å². The number of hydrogen-bond donors (Lipinski definition) is 2. The Kier molecular flexibility index (Phi) is 6.27. The summed E-state index contributed by atoms with van der Waals surface area (Å²) in [5.74, 6) is 0.803. The Labute approximate surface area is 139 Å². The third kappa shape index (κ3) is 5.07. The highest BCUT2D eigenvalue weighted by Gasteiger charge is 2.03. The fourth-order valence-corrected chi connectivity index (χ4v) is 2.61. The normalized spacial score (nSPS) is 10.1. The average Bonchev–Trinajstić information content (AvgIpc) is 2.54. The molecule has 0 saturated heterocycles. The molecule has 2 rings (SSSR count). The lowest BCUT2D eigenvalue weighted by Gasteiger charge is -2.09. The van der Waals surface area contributed by atoms with Crippen LogP contribution in [0.2, 0.25) is 0 Å². The summed E-state index contributed by atoms with van der Waals surface area (Å²) in [4.78, 5) is 11.7. The van der Waals surface area contributed by atoms with Crippen LogP contribution in [0.1, 0.15) is 11.1 Å². The summed E-state index contributed by atoms with van der Waals surface area (Å²) in [5.41, 5.74) is 2.22. The minimum atomic E-state index is -0.156. The van der Waals surface area contributed by atoms with E-state index in [4.69, 9.17) is 4.74 Å². The second-order valence-corrected chi connectivity index (χ2v) is 5.67. The Morgan fingerprint density at radius 1 is 1.09 bits per heavy atom. The van der Waals surface area contributed by atoms with E-state index in [2.05, 4.69) is 26.6 Å². The van der Waals surface area contributed by atoms with E-state index in [0.29, 0.717) is 13.1 Å². The molecule has 4 nitrogen and oxygen atoms in total. The van der Waals surface area contributed by atoms with Gasteiger partial charge in [-0.3, -0.25) is 0 Å². The third-order valence-corrected chi connectivity index (χ3v) is 3.83. The van der Waals surface area contributed by atoms with Crippen LogP contribution in [-0.2, 0) is 13.0 Å². The van der Waals surface area contributed by atoms with Gasteiger partial charge in [-0.25, -0.2) is 4.79 Å². The zero-order chi connectivity index (χ0) is 15.8. The van der Waals surface area contributed by atoms with Gasteiger partial charge in [0.25, 0.3) is 0 Å². The van der Waals surface area contributed by atoms with E-state index in [1.165, 1.54) is 0 Å². The molecule has 2 aromatic rings.